The van der Waals surface area contributed by atoms with Crippen LogP contribution in [0.4, 0.5) is 4.39 Å². The smallest absolute Gasteiger partial charge is 0.165 e. The molecule has 4 heteroatoms. The van der Waals surface area contributed by atoms with Gasteiger partial charge in [0.05, 0.1) is 7.11 Å². The zero-order chi connectivity index (χ0) is 16.0. The van der Waals surface area contributed by atoms with E-state index in [1.807, 2.05) is 24.3 Å². The van der Waals surface area contributed by atoms with Crippen molar-refractivity contribution in [1.82, 2.24) is 5.32 Å². The quantitative estimate of drug-likeness (QED) is 0.899. The lowest BCUT2D eigenvalue weighted by Gasteiger charge is -2.35. The molecule has 2 aliphatic rings. The number of methoxy groups -OCH3 is 1. The molecule has 0 spiro atoms. The first kappa shape index (κ1) is 15.0. The third-order valence-corrected chi connectivity index (χ3v) is 5.55. The van der Waals surface area contributed by atoms with Crippen LogP contribution in [0.2, 0.25) is 5.02 Å². The Morgan fingerprint density at radius 3 is 2.74 bits per heavy atom. The van der Waals surface area contributed by atoms with Crippen LogP contribution in [0.5, 0.6) is 5.75 Å². The predicted octanol–water partition coefficient (Wildman–Crippen LogP) is 4.41. The lowest BCUT2D eigenvalue weighted by atomic mass is 9.79. The standard InChI is InChI=1S/C19H19ClFNO/c1-23-17-11-13-12(10-16(17)21)6-9-22-18(13)19(7-8-19)14-4-2-3-5-15(14)20/h2-5,10-11,18,22H,6-9H2,1H3. The van der Waals surface area contributed by atoms with Crippen molar-refractivity contribution in [2.24, 2.45) is 0 Å². The van der Waals surface area contributed by atoms with Crippen LogP contribution in [0.1, 0.15) is 35.6 Å². The molecule has 1 unspecified atom stereocenters. The molecule has 1 aliphatic carbocycles. The first-order chi connectivity index (χ1) is 11.2. The number of benzene rings is 2. The van der Waals surface area contributed by atoms with Gasteiger partial charge in [-0.15, -0.1) is 0 Å². The van der Waals surface area contributed by atoms with Gasteiger partial charge in [0.2, 0.25) is 0 Å². The van der Waals surface area contributed by atoms with Crippen LogP contribution in [0.3, 0.4) is 0 Å². The number of hydrogen-bond donors (Lipinski definition) is 1. The van der Waals surface area contributed by atoms with Crippen molar-refractivity contribution < 1.29 is 9.13 Å². The maximum absolute atomic E-state index is 14.0. The highest BCUT2D eigenvalue weighted by atomic mass is 35.5. The van der Waals surface area contributed by atoms with Gasteiger partial charge in [-0.3, -0.25) is 0 Å². The van der Waals surface area contributed by atoms with Crippen LogP contribution < -0.4 is 10.1 Å². The minimum atomic E-state index is -0.283. The van der Waals surface area contributed by atoms with Gasteiger partial charge in [-0.2, -0.15) is 0 Å². The summed E-state index contributed by atoms with van der Waals surface area (Å²) in [4.78, 5) is 0. The molecule has 0 bridgehead atoms. The summed E-state index contributed by atoms with van der Waals surface area (Å²) in [5, 5.41) is 4.45. The van der Waals surface area contributed by atoms with Crippen LogP contribution in [-0.2, 0) is 11.8 Å². The van der Waals surface area contributed by atoms with Crippen LogP contribution in [0, 0.1) is 5.82 Å². The number of halogens is 2. The molecule has 2 aromatic carbocycles. The fraction of sp³-hybridized carbons (Fsp3) is 0.368. The number of nitrogens with one attached hydrogen (secondary N) is 1. The average Bonchev–Trinajstić information content (AvgIpc) is 3.35. The first-order valence-corrected chi connectivity index (χ1v) is 8.38. The third-order valence-electron chi connectivity index (χ3n) is 5.22. The second kappa shape index (κ2) is 5.50. The molecule has 120 valence electrons. The molecule has 2 aromatic rings. The van der Waals surface area contributed by atoms with E-state index in [1.54, 1.807) is 6.07 Å². The molecule has 1 fully saturated rings. The van der Waals surface area contributed by atoms with Crippen molar-refractivity contribution in [2.75, 3.05) is 13.7 Å². The molecule has 1 saturated carbocycles. The van der Waals surface area contributed by atoms with Crippen LogP contribution in [0.25, 0.3) is 0 Å². The summed E-state index contributed by atoms with van der Waals surface area (Å²) in [7, 11) is 1.51. The molecule has 0 saturated heterocycles. The summed E-state index contributed by atoms with van der Waals surface area (Å²) in [6.45, 7) is 0.857. The molecule has 23 heavy (non-hydrogen) atoms. The minimum Gasteiger partial charge on any atom is -0.494 e. The number of ether oxygens (including phenoxy) is 1. The third kappa shape index (κ3) is 2.34. The lowest BCUT2D eigenvalue weighted by Crippen LogP contribution is -2.38. The molecule has 1 N–H and O–H groups in total. The Balaban J connectivity index is 1.82. The van der Waals surface area contributed by atoms with Gasteiger partial charge in [0, 0.05) is 16.5 Å². The highest BCUT2D eigenvalue weighted by molar-refractivity contribution is 6.31. The van der Waals surface area contributed by atoms with Gasteiger partial charge < -0.3 is 10.1 Å². The summed E-state index contributed by atoms with van der Waals surface area (Å²) < 4.78 is 19.2. The van der Waals surface area contributed by atoms with Gasteiger partial charge in [0.15, 0.2) is 11.6 Å². The van der Waals surface area contributed by atoms with Crippen molar-refractivity contribution >= 4 is 11.6 Å². The van der Waals surface area contributed by atoms with E-state index in [1.165, 1.54) is 12.7 Å². The Kier molecular flexibility index (Phi) is 3.58. The highest BCUT2D eigenvalue weighted by Crippen LogP contribution is 2.59. The molecule has 0 radical (unpaired) electrons. The molecule has 0 aromatic heterocycles. The summed E-state index contributed by atoms with van der Waals surface area (Å²) in [6, 6.07) is 11.7. The maximum Gasteiger partial charge on any atom is 0.165 e. The maximum atomic E-state index is 14.0. The number of hydrogen-bond acceptors (Lipinski definition) is 2. The van der Waals surface area contributed by atoms with E-state index < -0.39 is 0 Å². The largest absolute Gasteiger partial charge is 0.494 e. The predicted molar refractivity (Wildman–Crippen MR) is 89.8 cm³/mol. The second-order valence-corrected chi connectivity index (χ2v) is 6.87. The van der Waals surface area contributed by atoms with Crippen molar-refractivity contribution in [1.29, 1.82) is 0 Å². The molecule has 0 amide bonds. The highest BCUT2D eigenvalue weighted by Gasteiger charge is 2.53. The van der Waals surface area contributed by atoms with Crippen LogP contribution in [0.15, 0.2) is 36.4 Å². The van der Waals surface area contributed by atoms with Gasteiger partial charge in [0.1, 0.15) is 0 Å². The summed E-state index contributed by atoms with van der Waals surface area (Å²) >= 11 is 6.47. The summed E-state index contributed by atoms with van der Waals surface area (Å²) in [5.74, 6) is 0.0295. The van der Waals surface area contributed by atoms with E-state index in [0.717, 1.165) is 42.0 Å². The van der Waals surface area contributed by atoms with E-state index in [4.69, 9.17) is 16.3 Å². The van der Waals surface area contributed by atoms with Gasteiger partial charge in [-0.1, -0.05) is 29.8 Å². The number of rotatable bonds is 3. The minimum absolute atomic E-state index is 0.0103. The summed E-state index contributed by atoms with van der Waals surface area (Å²) in [5.41, 5.74) is 3.42. The Hall–Kier alpha value is -1.58. The molecular weight excluding hydrogens is 313 g/mol. The Morgan fingerprint density at radius 2 is 2.04 bits per heavy atom. The molecule has 4 rings (SSSR count). The van der Waals surface area contributed by atoms with Crippen molar-refractivity contribution in [3.63, 3.8) is 0 Å². The molecule has 1 atom stereocenters. The van der Waals surface area contributed by atoms with Gasteiger partial charge in [0.25, 0.3) is 0 Å². The van der Waals surface area contributed by atoms with Crippen molar-refractivity contribution in [2.45, 2.75) is 30.7 Å². The van der Waals surface area contributed by atoms with Crippen molar-refractivity contribution in [3.05, 3.63) is 63.9 Å². The monoisotopic (exact) mass is 331 g/mol. The molecular formula is C19H19ClFNO. The van der Waals surface area contributed by atoms with Gasteiger partial charge >= 0.3 is 0 Å². The van der Waals surface area contributed by atoms with Gasteiger partial charge in [-0.05, 0) is 60.7 Å². The lowest BCUT2D eigenvalue weighted by molar-refractivity contribution is 0.374. The van der Waals surface area contributed by atoms with Crippen LogP contribution >= 0.6 is 11.6 Å². The zero-order valence-electron chi connectivity index (χ0n) is 13.0. The molecule has 2 nitrogen and oxygen atoms in total. The molecule has 1 heterocycles. The van der Waals surface area contributed by atoms with E-state index in [2.05, 4.69) is 11.4 Å². The summed E-state index contributed by atoms with van der Waals surface area (Å²) in [6.07, 6.45) is 3.02. The van der Waals surface area contributed by atoms with Gasteiger partial charge in [-0.25, -0.2) is 4.39 Å². The SMILES string of the molecule is COc1cc2c(cc1F)CCNC2C1(c2ccccc2Cl)CC1. The Labute approximate surface area is 140 Å². The fourth-order valence-corrected chi connectivity index (χ4v) is 4.24. The van der Waals surface area contributed by atoms with E-state index in [-0.39, 0.29) is 17.3 Å². The van der Waals surface area contributed by atoms with Crippen LogP contribution in [-0.4, -0.2) is 13.7 Å². The Morgan fingerprint density at radius 1 is 1.26 bits per heavy atom. The molecule has 1 aliphatic heterocycles. The van der Waals surface area contributed by atoms with E-state index >= 15 is 0 Å². The zero-order valence-corrected chi connectivity index (χ0v) is 13.8. The topological polar surface area (TPSA) is 21.3 Å². The second-order valence-electron chi connectivity index (χ2n) is 6.46. The normalized spacial score (nSPS) is 21.6. The average molecular weight is 332 g/mol. The Bertz CT molecular complexity index is 757. The number of fused-ring (bicyclic) bond motifs is 1. The van der Waals surface area contributed by atoms with E-state index in [9.17, 15) is 4.39 Å². The fourth-order valence-electron chi connectivity index (χ4n) is 3.92. The van der Waals surface area contributed by atoms with Crippen molar-refractivity contribution in [3.8, 4) is 5.75 Å². The first-order valence-electron chi connectivity index (χ1n) is 8.00. The van der Waals surface area contributed by atoms with E-state index in [0.29, 0.717) is 5.75 Å².